The van der Waals surface area contributed by atoms with Crippen LogP contribution >= 0.6 is 0 Å². The third kappa shape index (κ3) is 5.76. The summed E-state index contributed by atoms with van der Waals surface area (Å²) < 4.78 is 4.26. The Labute approximate surface area is 287 Å². The summed E-state index contributed by atoms with van der Waals surface area (Å²) in [5, 5.41) is 0. The van der Waals surface area contributed by atoms with E-state index in [0.717, 1.165) is 12.8 Å². The minimum atomic E-state index is -2.45. The Morgan fingerprint density at radius 3 is 1.24 bits per heavy atom. The number of halogens is 2. The number of hydrogen-bond acceptors (Lipinski definition) is 0. The van der Waals surface area contributed by atoms with E-state index in [-0.39, 0.29) is 24.8 Å². The molecule has 0 amide bonds. The maximum atomic E-state index is 2.64. The van der Waals surface area contributed by atoms with E-state index < -0.39 is 16.6 Å². The molecular formula is C42H46Cl2Ti. The second-order valence-corrected chi connectivity index (χ2v) is 21.1. The molecule has 3 heteroatoms. The third-order valence-electron chi connectivity index (χ3n) is 10.8. The smallest absolute Gasteiger partial charge is 1.00 e. The predicted octanol–water partition coefficient (Wildman–Crippen LogP) is 6.05. The number of allylic oxidation sites excluding steroid dienone is 2. The summed E-state index contributed by atoms with van der Waals surface area (Å²) in [6, 6.07) is 33.1. The Morgan fingerprint density at radius 1 is 0.556 bits per heavy atom. The molecule has 2 unspecified atom stereocenters. The molecule has 0 radical (unpaired) electrons. The fraction of sp³-hybridized carbons (Fsp3) is 0.333. The van der Waals surface area contributed by atoms with Gasteiger partial charge in [0.15, 0.2) is 0 Å². The van der Waals surface area contributed by atoms with Gasteiger partial charge in [-0.25, -0.2) is 0 Å². The van der Waals surface area contributed by atoms with Crippen LogP contribution in [0.2, 0.25) is 9.45 Å². The molecular weight excluding hydrogens is 623 g/mol. The largest absolute Gasteiger partial charge is 1.00 e. The molecule has 7 rings (SSSR count). The average molecular weight is 670 g/mol. The van der Waals surface area contributed by atoms with E-state index in [9.17, 15) is 0 Å². The van der Waals surface area contributed by atoms with Crippen molar-refractivity contribution in [1.82, 2.24) is 0 Å². The normalized spacial score (nSPS) is 18.2. The van der Waals surface area contributed by atoms with Crippen molar-refractivity contribution < 1.29 is 41.4 Å². The quantitative estimate of drug-likeness (QED) is 0.201. The summed E-state index contributed by atoms with van der Waals surface area (Å²) in [5.74, 6) is 1.12. The van der Waals surface area contributed by atoms with Crippen LogP contribution in [0.3, 0.4) is 0 Å². The number of hydrogen-bond donors (Lipinski definition) is 0. The van der Waals surface area contributed by atoms with Crippen LogP contribution in [0.15, 0.2) is 96.1 Å². The molecule has 2 atom stereocenters. The van der Waals surface area contributed by atoms with Crippen LogP contribution in [0.1, 0.15) is 83.4 Å². The summed E-state index contributed by atoms with van der Waals surface area (Å²) in [6.07, 6.45) is 7.45. The maximum absolute atomic E-state index is 2.64. The van der Waals surface area contributed by atoms with Gasteiger partial charge >= 0.3 is 265 Å². The van der Waals surface area contributed by atoms with E-state index in [1.807, 2.05) is 0 Å². The van der Waals surface area contributed by atoms with Gasteiger partial charge in [0.05, 0.1) is 0 Å². The van der Waals surface area contributed by atoms with Gasteiger partial charge in [0.25, 0.3) is 0 Å². The summed E-state index contributed by atoms with van der Waals surface area (Å²) in [4.78, 5) is 0. The summed E-state index contributed by atoms with van der Waals surface area (Å²) in [5.41, 5.74) is 18.1. The molecule has 0 nitrogen and oxygen atoms in total. The average Bonchev–Trinajstić information content (AvgIpc) is 3.54. The second-order valence-electron chi connectivity index (χ2n) is 13.9. The molecule has 0 saturated carbocycles. The second kappa shape index (κ2) is 13.4. The maximum Gasteiger partial charge on any atom is -1.00 e. The van der Waals surface area contributed by atoms with Gasteiger partial charge in [0.1, 0.15) is 0 Å². The van der Waals surface area contributed by atoms with Crippen LogP contribution in [-0.4, -0.2) is 0 Å². The summed E-state index contributed by atoms with van der Waals surface area (Å²) in [6.45, 7) is 14.3. The fourth-order valence-corrected chi connectivity index (χ4v) is 19.1. The standard InChI is InChI=1S/2C20H21.C2H4.2ClH.Ti/c2*1-4-15-8-10-16(11-9-15)19-7-5-6-17-12-18(14(2)3)13-20(17)19;1-2;;;/h2*5-14H,4H2,1-3H3;1-2H2;2*1H;/q;;;;;+2/p-2. The molecule has 0 aromatic heterocycles. The molecule has 0 bridgehead atoms. The van der Waals surface area contributed by atoms with E-state index in [0.29, 0.717) is 20.3 Å². The van der Waals surface area contributed by atoms with Gasteiger partial charge in [-0.05, 0) is 0 Å². The van der Waals surface area contributed by atoms with E-state index in [1.54, 1.807) is 22.3 Å². The van der Waals surface area contributed by atoms with E-state index in [4.69, 9.17) is 0 Å². The first-order chi connectivity index (χ1) is 20.9. The topological polar surface area (TPSA) is 0 Å². The summed E-state index contributed by atoms with van der Waals surface area (Å²) >= 11 is -2.45. The van der Waals surface area contributed by atoms with Crippen molar-refractivity contribution in [2.45, 2.75) is 72.3 Å². The van der Waals surface area contributed by atoms with Crippen LogP contribution in [0.25, 0.3) is 34.4 Å². The van der Waals surface area contributed by atoms with Crippen molar-refractivity contribution in [1.29, 1.82) is 0 Å². The van der Waals surface area contributed by atoms with Crippen molar-refractivity contribution in [2.24, 2.45) is 11.8 Å². The monoisotopic (exact) mass is 668 g/mol. The molecule has 3 aliphatic rings. The van der Waals surface area contributed by atoms with Gasteiger partial charge in [-0.1, -0.05) is 0 Å². The number of benzene rings is 4. The van der Waals surface area contributed by atoms with Gasteiger partial charge in [-0.2, -0.15) is 0 Å². The molecule has 1 fully saturated rings. The molecule has 4 aromatic rings. The van der Waals surface area contributed by atoms with E-state index >= 15 is 0 Å². The Hall–Kier alpha value is -2.35. The Bertz CT molecular complexity index is 1610. The van der Waals surface area contributed by atoms with Crippen molar-refractivity contribution in [3.63, 3.8) is 0 Å². The van der Waals surface area contributed by atoms with Crippen LogP contribution in [-0.2, 0) is 29.4 Å². The Kier molecular flexibility index (Phi) is 10.1. The van der Waals surface area contributed by atoms with Gasteiger partial charge in [0.2, 0.25) is 0 Å². The van der Waals surface area contributed by atoms with Crippen molar-refractivity contribution in [3.05, 3.63) is 129 Å². The first kappa shape index (κ1) is 34.0. The first-order valence-corrected chi connectivity index (χ1v) is 20.7. The molecule has 2 aliphatic carbocycles. The molecule has 1 saturated heterocycles. The minimum absolute atomic E-state index is 0. The van der Waals surface area contributed by atoms with Gasteiger partial charge in [-0.15, -0.1) is 0 Å². The van der Waals surface area contributed by atoms with Gasteiger partial charge < -0.3 is 24.8 Å². The third-order valence-corrected chi connectivity index (χ3v) is 19.0. The van der Waals surface area contributed by atoms with Crippen LogP contribution in [0, 0.1) is 11.8 Å². The zero-order valence-electron chi connectivity index (χ0n) is 27.6. The van der Waals surface area contributed by atoms with E-state index in [1.165, 1.54) is 54.0 Å². The molecule has 1 aliphatic heterocycles. The Balaban J connectivity index is 0.00000200. The minimum Gasteiger partial charge on any atom is -1.00 e. The van der Waals surface area contributed by atoms with E-state index in [2.05, 4.69) is 139 Å². The Morgan fingerprint density at radius 2 is 0.933 bits per heavy atom. The first-order valence-electron chi connectivity index (χ1n) is 16.7. The molecule has 4 aromatic carbocycles. The van der Waals surface area contributed by atoms with Crippen molar-refractivity contribution in [2.75, 3.05) is 0 Å². The van der Waals surface area contributed by atoms with Crippen LogP contribution < -0.4 is 24.8 Å². The molecule has 232 valence electrons. The number of aryl methyl sites for hydroxylation is 2. The van der Waals surface area contributed by atoms with Gasteiger partial charge in [0, 0.05) is 0 Å². The SMILES string of the molecule is CCc1ccc(-c2cccc3c2C=C(C(C)C)[CH]3[Ti+2]2([CH]3C(C(C)C)=Cc4c(-c5ccc(CC)cc5)cccc43)[CH2][CH2]2)cc1.[Cl-].[Cl-]. The zero-order valence-corrected chi connectivity index (χ0v) is 30.7. The van der Waals surface area contributed by atoms with Gasteiger partial charge in [-0.3, -0.25) is 0 Å². The molecule has 0 spiro atoms. The van der Waals surface area contributed by atoms with Crippen LogP contribution in [0.4, 0.5) is 0 Å². The van der Waals surface area contributed by atoms with Crippen LogP contribution in [0.5, 0.6) is 0 Å². The molecule has 0 N–H and O–H groups in total. The predicted molar refractivity (Wildman–Crippen MR) is 183 cm³/mol. The van der Waals surface area contributed by atoms with Crippen molar-refractivity contribution in [3.8, 4) is 22.3 Å². The molecule has 45 heavy (non-hydrogen) atoms. The number of rotatable bonds is 8. The summed E-state index contributed by atoms with van der Waals surface area (Å²) in [7, 11) is 0. The zero-order chi connectivity index (χ0) is 29.9. The molecule has 1 heterocycles. The van der Waals surface area contributed by atoms with Crippen molar-refractivity contribution >= 4 is 12.2 Å². The fourth-order valence-electron chi connectivity index (χ4n) is 8.37. The number of fused-ring (bicyclic) bond motifs is 2.